The van der Waals surface area contributed by atoms with E-state index in [0.29, 0.717) is 18.2 Å². The Morgan fingerprint density at radius 3 is 2.21 bits per heavy atom. The maximum Gasteiger partial charge on any atom is 0.0827 e. The molecule has 0 aromatic rings. The fourth-order valence-electron chi connectivity index (χ4n) is 2.16. The molecule has 0 radical (unpaired) electrons. The number of piperidine rings is 1. The van der Waals surface area contributed by atoms with Crippen LogP contribution in [-0.4, -0.2) is 49.3 Å². The first-order chi connectivity index (χ1) is 6.75. The second-order valence-corrected chi connectivity index (χ2v) is 4.75. The molecule has 3 heteroatoms. The standard InChI is InChI=1S/C11H22N2O/c1-9(2)13-5-3-10(4-6-13)14-11-7-12-8-11/h9-12H,3-8H2,1-2H3. The van der Waals surface area contributed by atoms with Gasteiger partial charge in [-0.1, -0.05) is 0 Å². The molecule has 2 aliphatic heterocycles. The molecule has 0 amide bonds. The molecule has 0 unspecified atom stereocenters. The molecule has 2 heterocycles. The molecule has 0 aliphatic carbocycles. The van der Waals surface area contributed by atoms with E-state index in [1.165, 1.54) is 25.9 Å². The summed E-state index contributed by atoms with van der Waals surface area (Å²) in [7, 11) is 0. The van der Waals surface area contributed by atoms with Crippen molar-refractivity contribution in [3.8, 4) is 0 Å². The lowest BCUT2D eigenvalue weighted by molar-refractivity contribution is -0.0646. The van der Waals surface area contributed by atoms with E-state index in [9.17, 15) is 0 Å². The number of ether oxygens (including phenoxy) is 1. The van der Waals surface area contributed by atoms with E-state index in [4.69, 9.17) is 4.74 Å². The number of likely N-dealkylation sites (tertiary alicyclic amines) is 1. The predicted octanol–water partition coefficient (Wildman–Crippen LogP) is 0.848. The van der Waals surface area contributed by atoms with Crippen LogP contribution >= 0.6 is 0 Å². The Labute approximate surface area is 86.8 Å². The molecule has 82 valence electrons. The topological polar surface area (TPSA) is 24.5 Å². The number of nitrogens with zero attached hydrogens (tertiary/aromatic N) is 1. The molecule has 2 saturated heterocycles. The van der Waals surface area contributed by atoms with Crippen LogP contribution in [0.2, 0.25) is 0 Å². The second kappa shape index (κ2) is 4.60. The number of nitrogens with one attached hydrogen (secondary N) is 1. The summed E-state index contributed by atoms with van der Waals surface area (Å²) in [5.74, 6) is 0. The fraction of sp³-hybridized carbons (Fsp3) is 1.00. The molecule has 0 spiro atoms. The number of hydrogen-bond donors (Lipinski definition) is 1. The van der Waals surface area contributed by atoms with E-state index in [-0.39, 0.29) is 0 Å². The Balaban J connectivity index is 1.67. The average Bonchev–Trinajstić information content (AvgIpc) is 2.12. The van der Waals surface area contributed by atoms with Gasteiger partial charge in [-0.25, -0.2) is 0 Å². The monoisotopic (exact) mass is 198 g/mol. The van der Waals surface area contributed by atoms with Gasteiger partial charge in [0.25, 0.3) is 0 Å². The van der Waals surface area contributed by atoms with Crippen molar-refractivity contribution in [2.24, 2.45) is 0 Å². The molecular formula is C11H22N2O. The van der Waals surface area contributed by atoms with Gasteiger partial charge in [0.05, 0.1) is 12.2 Å². The zero-order valence-corrected chi connectivity index (χ0v) is 9.33. The van der Waals surface area contributed by atoms with Gasteiger partial charge in [0.1, 0.15) is 0 Å². The molecular weight excluding hydrogens is 176 g/mol. The van der Waals surface area contributed by atoms with Gasteiger partial charge in [0.15, 0.2) is 0 Å². The highest BCUT2D eigenvalue weighted by molar-refractivity contribution is 4.80. The average molecular weight is 198 g/mol. The van der Waals surface area contributed by atoms with E-state index >= 15 is 0 Å². The zero-order chi connectivity index (χ0) is 9.97. The zero-order valence-electron chi connectivity index (χ0n) is 9.33. The lowest BCUT2D eigenvalue weighted by atomic mass is 10.1. The lowest BCUT2D eigenvalue weighted by Crippen LogP contribution is -2.51. The molecule has 2 rings (SSSR count). The third-order valence-corrected chi connectivity index (χ3v) is 3.34. The SMILES string of the molecule is CC(C)N1CCC(OC2CNC2)CC1. The van der Waals surface area contributed by atoms with E-state index in [0.717, 1.165) is 13.1 Å². The third kappa shape index (κ3) is 2.47. The first kappa shape index (κ1) is 10.4. The van der Waals surface area contributed by atoms with Crippen molar-refractivity contribution in [1.29, 1.82) is 0 Å². The highest BCUT2D eigenvalue weighted by Crippen LogP contribution is 2.18. The van der Waals surface area contributed by atoms with Crippen molar-refractivity contribution in [2.75, 3.05) is 26.2 Å². The molecule has 0 saturated carbocycles. The van der Waals surface area contributed by atoms with Gasteiger partial charge in [-0.15, -0.1) is 0 Å². The molecule has 0 bridgehead atoms. The minimum atomic E-state index is 0.505. The van der Waals surface area contributed by atoms with Crippen LogP contribution in [0.5, 0.6) is 0 Å². The quantitative estimate of drug-likeness (QED) is 0.727. The highest BCUT2D eigenvalue weighted by atomic mass is 16.5. The van der Waals surface area contributed by atoms with Crippen molar-refractivity contribution in [3.63, 3.8) is 0 Å². The van der Waals surface area contributed by atoms with Gasteiger partial charge < -0.3 is 15.0 Å². The van der Waals surface area contributed by atoms with Crippen LogP contribution in [0.4, 0.5) is 0 Å². The molecule has 0 aromatic carbocycles. The smallest absolute Gasteiger partial charge is 0.0827 e. The second-order valence-electron chi connectivity index (χ2n) is 4.75. The van der Waals surface area contributed by atoms with Crippen molar-refractivity contribution in [3.05, 3.63) is 0 Å². The van der Waals surface area contributed by atoms with Crippen LogP contribution in [0.3, 0.4) is 0 Å². The third-order valence-electron chi connectivity index (χ3n) is 3.34. The maximum atomic E-state index is 5.97. The molecule has 1 N–H and O–H groups in total. The predicted molar refractivity (Wildman–Crippen MR) is 57.5 cm³/mol. The molecule has 0 atom stereocenters. The summed E-state index contributed by atoms with van der Waals surface area (Å²) in [5, 5.41) is 3.24. The van der Waals surface area contributed by atoms with Gasteiger partial charge in [-0.2, -0.15) is 0 Å². The summed E-state index contributed by atoms with van der Waals surface area (Å²) in [4.78, 5) is 2.54. The van der Waals surface area contributed by atoms with E-state index in [2.05, 4.69) is 24.1 Å². The van der Waals surface area contributed by atoms with Crippen LogP contribution < -0.4 is 5.32 Å². The summed E-state index contributed by atoms with van der Waals surface area (Å²) >= 11 is 0. The van der Waals surface area contributed by atoms with Crippen LogP contribution in [0.25, 0.3) is 0 Å². The Hall–Kier alpha value is -0.120. The van der Waals surface area contributed by atoms with E-state index in [1.807, 2.05) is 0 Å². The van der Waals surface area contributed by atoms with Gasteiger partial charge in [-0.05, 0) is 26.7 Å². The summed E-state index contributed by atoms with van der Waals surface area (Å²) in [6.07, 6.45) is 3.46. The summed E-state index contributed by atoms with van der Waals surface area (Å²) in [6, 6.07) is 0.696. The van der Waals surface area contributed by atoms with Crippen LogP contribution in [0, 0.1) is 0 Å². The number of hydrogen-bond acceptors (Lipinski definition) is 3. The molecule has 0 aromatic heterocycles. The fourth-order valence-corrected chi connectivity index (χ4v) is 2.16. The van der Waals surface area contributed by atoms with Gasteiger partial charge in [0.2, 0.25) is 0 Å². The van der Waals surface area contributed by atoms with Crippen LogP contribution in [0.15, 0.2) is 0 Å². The van der Waals surface area contributed by atoms with Gasteiger partial charge >= 0.3 is 0 Å². The Morgan fingerprint density at radius 2 is 1.79 bits per heavy atom. The molecule has 3 nitrogen and oxygen atoms in total. The first-order valence-corrected chi connectivity index (χ1v) is 5.86. The van der Waals surface area contributed by atoms with Crippen LogP contribution in [-0.2, 0) is 4.74 Å². The van der Waals surface area contributed by atoms with Crippen molar-refractivity contribution in [1.82, 2.24) is 10.2 Å². The lowest BCUT2D eigenvalue weighted by Gasteiger charge is -2.38. The molecule has 14 heavy (non-hydrogen) atoms. The molecule has 2 aliphatic rings. The van der Waals surface area contributed by atoms with Gasteiger partial charge in [-0.3, -0.25) is 0 Å². The van der Waals surface area contributed by atoms with Gasteiger partial charge in [0, 0.05) is 32.2 Å². The van der Waals surface area contributed by atoms with Crippen LogP contribution in [0.1, 0.15) is 26.7 Å². The normalized spacial score (nSPS) is 26.8. The Kier molecular flexibility index (Phi) is 3.42. The van der Waals surface area contributed by atoms with Crippen molar-refractivity contribution in [2.45, 2.75) is 44.9 Å². The van der Waals surface area contributed by atoms with Crippen molar-refractivity contribution >= 4 is 0 Å². The minimum Gasteiger partial charge on any atom is -0.372 e. The maximum absolute atomic E-state index is 5.97. The summed E-state index contributed by atoms with van der Waals surface area (Å²) in [5.41, 5.74) is 0. The highest BCUT2D eigenvalue weighted by Gasteiger charge is 2.26. The molecule has 2 fully saturated rings. The summed E-state index contributed by atoms with van der Waals surface area (Å²) in [6.45, 7) is 9.09. The largest absolute Gasteiger partial charge is 0.372 e. The van der Waals surface area contributed by atoms with Crippen molar-refractivity contribution < 1.29 is 4.74 Å². The van der Waals surface area contributed by atoms with E-state index in [1.54, 1.807) is 0 Å². The Morgan fingerprint density at radius 1 is 1.14 bits per heavy atom. The van der Waals surface area contributed by atoms with E-state index < -0.39 is 0 Å². The first-order valence-electron chi connectivity index (χ1n) is 5.86. The number of rotatable bonds is 3. The summed E-state index contributed by atoms with van der Waals surface area (Å²) < 4.78 is 5.97. The Bertz CT molecular complexity index is 172. The minimum absolute atomic E-state index is 0.505.